The van der Waals surface area contributed by atoms with E-state index in [1.165, 1.54) is 14.0 Å². The maximum absolute atomic E-state index is 13.8. The Kier molecular flexibility index (Phi) is 7.60. The van der Waals surface area contributed by atoms with Gasteiger partial charge in [0.2, 0.25) is 11.8 Å². The van der Waals surface area contributed by atoms with E-state index in [-0.39, 0.29) is 12.5 Å². The van der Waals surface area contributed by atoms with E-state index in [1.807, 2.05) is 0 Å². The van der Waals surface area contributed by atoms with Crippen molar-refractivity contribution in [3.8, 4) is 5.75 Å². The van der Waals surface area contributed by atoms with Crippen molar-refractivity contribution in [3.05, 3.63) is 53.8 Å². The van der Waals surface area contributed by atoms with Gasteiger partial charge in [-0.1, -0.05) is 6.92 Å². The maximum Gasteiger partial charge on any atom is 0.241 e. The average molecular weight is 409 g/mol. The first kappa shape index (κ1) is 22.2. The molecule has 2 N–H and O–H groups in total. The lowest BCUT2D eigenvalue weighted by molar-refractivity contribution is -0.123. The van der Waals surface area contributed by atoms with Crippen LogP contribution >= 0.6 is 0 Å². The molecule has 156 valence electrons. The van der Waals surface area contributed by atoms with Crippen LogP contribution in [0, 0.1) is 17.5 Å². The fourth-order valence-electron chi connectivity index (χ4n) is 2.61. The molecule has 2 rings (SSSR count). The van der Waals surface area contributed by atoms with Crippen LogP contribution in [0.4, 0.5) is 24.5 Å². The van der Waals surface area contributed by atoms with Crippen LogP contribution in [0.3, 0.4) is 0 Å². The molecular formula is C20H22F3N3O3. The normalized spacial score (nSPS) is 11.8. The summed E-state index contributed by atoms with van der Waals surface area (Å²) in [6, 6.07) is 7.57. The molecule has 0 aliphatic rings. The molecule has 0 aliphatic heterocycles. The van der Waals surface area contributed by atoms with Crippen LogP contribution in [0.25, 0.3) is 0 Å². The lowest BCUT2D eigenvalue weighted by Crippen LogP contribution is -2.45. The number of amides is 2. The molecule has 0 saturated heterocycles. The smallest absolute Gasteiger partial charge is 0.241 e. The van der Waals surface area contributed by atoms with E-state index in [2.05, 4.69) is 10.6 Å². The second-order valence-electron chi connectivity index (χ2n) is 6.23. The summed E-state index contributed by atoms with van der Waals surface area (Å²) in [7, 11) is 1.53. The predicted molar refractivity (Wildman–Crippen MR) is 103 cm³/mol. The van der Waals surface area contributed by atoms with E-state index in [4.69, 9.17) is 4.74 Å². The summed E-state index contributed by atoms with van der Waals surface area (Å²) in [5.41, 5.74) is 0.0901. The molecular weight excluding hydrogens is 387 g/mol. The van der Waals surface area contributed by atoms with Crippen molar-refractivity contribution in [3.63, 3.8) is 0 Å². The third-order valence-electron chi connectivity index (χ3n) is 4.35. The second kappa shape index (κ2) is 9.92. The van der Waals surface area contributed by atoms with Crippen LogP contribution in [0.5, 0.6) is 5.75 Å². The van der Waals surface area contributed by atoms with Gasteiger partial charge in [0.05, 0.1) is 25.4 Å². The van der Waals surface area contributed by atoms with Crippen LogP contribution in [0.2, 0.25) is 0 Å². The van der Waals surface area contributed by atoms with E-state index in [0.717, 1.165) is 12.1 Å². The standard InChI is InChI=1S/C20H22F3N3O3/c1-4-26(11-17(27)24-13-5-7-14(29-3)8-6-13)12(2)20(28)25-16-10-9-15(21)18(22)19(16)23/h5-10,12H,4,11H2,1-3H3,(H,24,27)(H,25,28)/t12-/m0/s1. The van der Waals surface area contributed by atoms with E-state index in [1.54, 1.807) is 36.1 Å². The number of hydrogen-bond donors (Lipinski definition) is 2. The first-order valence-electron chi connectivity index (χ1n) is 8.89. The van der Waals surface area contributed by atoms with Crippen molar-refractivity contribution in [2.75, 3.05) is 30.8 Å². The Bertz CT molecular complexity index is 875. The summed E-state index contributed by atoms with van der Waals surface area (Å²) in [6.07, 6.45) is 0. The second-order valence-corrected chi connectivity index (χ2v) is 6.23. The highest BCUT2D eigenvalue weighted by atomic mass is 19.2. The molecule has 2 aromatic rings. The zero-order valence-corrected chi connectivity index (χ0v) is 16.3. The highest BCUT2D eigenvalue weighted by Gasteiger charge is 2.24. The van der Waals surface area contributed by atoms with Gasteiger partial charge in [-0.05, 0) is 49.9 Å². The number of carbonyl (C=O) groups excluding carboxylic acids is 2. The van der Waals surface area contributed by atoms with E-state index in [0.29, 0.717) is 18.0 Å². The molecule has 0 heterocycles. The molecule has 0 spiro atoms. The number of anilines is 2. The van der Waals surface area contributed by atoms with Gasteiger partial charge in [0.15, 0.2) is 17.5 Å². The Morgan fingerprint density at radius 2 is 1.69 bits per heavy atom. The molecule has 0 aromatic heterocycles. The van der Waals surface area contributed by atoms with Crippen LogP contribution in [0.1, 0.15) is 13.8 Å². The van der Waals surface area contributed by atoms with Gasteiger partial charge < -0.3 is 15.4 Å². The molecule has 0 unspecified atom stereocenters. The number of likely N-dealkylation sites (N-methyl/N-ethyl adjacent to an activating group) is 1. The Hall–Kier alpha value is -3.07. The van der Waals surface area contributed by atoms with Crippen molar-refractivity contribution in [2.45, 2.75) is 19.9 Å². The fraction of sp³-hybridized carbons (Fsp3) is 0.300. The molecule has 0 saturated carbocycles. The van der Waals surface area contributed by atoms with Crippen LogP contribution in [-0.2, 0) is 9.59 Å². The van der Waals surface area contributed by atoms with E-state index in [9.17, 15) is 22.8 Å². The molecule has 6 nitrogen and oxygen atoms in total. The van der Waals surface area contributed by atoms with Gasteiger partial charge in [0.25, 0.3) is 0 Å². The number of nitrogens with zero attached hydrogens (tertiary/aromatic N) is 1. The SMILES string of the molecule is CCN(CC(=O)Nc1ccc(OC)cc1)[C@@H](C)C(=O)Nc1ccc(F)c(F)c1F. The molecule has 0 fully saturated rings. The summed E-state index contributed by atoms with van der Waals surface area (Å²) in [6.45, 7) is 3.53. The van der Waals surface area contributed by atoms with Gasteiger partial charge in [-0.2, -0.15) is 0 Å². The Morgan fingerprint density at radius 1 is 1.03 bits per heavy atom. The summed E-state index contributed by atoms with van der Waals surface area (Å²) in [4.78, 5) is 26.2. The average Bonchev–Trinajstić information content (AvgIpc) is 2.72. The van der Waals surface area contributed by atoms with Crippen molar-refractivity contribution in [1.29, 1.82) is 0 Å². The van der Waals surface area contributed by atoms with Crippen LogP contribution in [-0.4, -0.2) is 43.0 Å². The Balaban J connectivity index is 1.99. The monoisotopic (exact) mass is 409 g/mol. The third-order valence-corrected chi connectivity index (χ3v) is 4.35. The van der Waals surface area contributed by atoms with Crippen molar-refractivity contribution < 1.29 is 27.5 Å². The van der Waals surface area contributed by atoms with Gasteiger partial charge in [0, 0.05) is 5.69 Å². The van der Waals surface area contributed by atoms with Gasteiger partial charge in [-0.25, -0.2) is 13.2 Å². The third kappa shape index (κ3) is 5.71. The minimum Gasteiger partial charge on any atom is -0.497 e. The predicted octanol–water partition coefficient (Wildman–Crippen LogP) is 3.40. The number of ether oxygens (including phenoxy) is 1. The largest absolute Gasteiger partial charge is 0.497 e. The fourth-order valence-corrected chi connectivity index (χ4v) is 2.61. The molecule has 2 aromatic carbocycles. The molecule has 29 heavy (non-hydrogen) atoms. The maximum atomic E-state index is 13.8. The minimum absolute atomic E-state index is 0.0998. The first-order chi connectivity index (χ1) is 13.8. The van der Waals surface area contributed by atoms with Crippen molar-refractivity contribution in [2.24, 2.45) is 0 Å². The lowest BCUT2D eigenvalue weighted by atomic mass is 10.2. The molecule has 0 radical (unpaired) electrons. The number of methoxy groups -OCH3 is 1. The number of nitrogens with one attached hydrogen (secondary N) is 2. The minimum atomic E-state index is -1.67. The number of benzene rings is 2. The van der Waals surface area contributed by atoms with Crippen LogP contribution in [0.15, 0.2) is 36.4 Å². The first-order valence-corrected chi connectivity index (χ1v) is 8.89. The van der Waals surface area contributed by atoms with Crippen molar-refractivity contribution in [1.82, 2.24) is 4.90 Å². The van der Waals surface area contributed by atoms with Gasteiger partial charge in [0.1, 0.15) is 5.75 Å². The van der Waals surface area contributed by atoms with Gasteiger partial charge >= 0.3 is 0 Å². The van der Waals surface area contributed by atoms with Crippen LogP contribution < -0.4 is 15.4 Å². The molecule has 2 amide bonds. The molecule has 1 atom stereocenters. The molecule has 0 bridgehead atoms. The lowest BCUT2D eigenvalue weighted by Gasteiger charge is -2.26. The number of rotatable bonds is 8. The van der Waals surface area contributed by atoms with Crippen molar-refractivity contribution >= 4 is 23.2 Å². The zero-order chi connectivity index (χ0) is 21.6. The number of hydrogen-bond acceptors (Lipinski definition) is 4. The molecule has 9 heteroatoms. The quantitative estimate of drug-likeness (QED) is 0.656. The van der Waals surface area contributed by atoms with Gasteiger partial charge in [-0.3, -0.25) is 14.5 Å². The number of halogens is 3. The Labute approximate surface area is 166 Å². The topological polar surface area (TPSA) is 70.7 Å². The summed E-state index contributed by atoms with van der Waals surface area (Å²) in [5, 5.41) is 4.93. The summed E-state index contributed by atoms with van der Waals surface area (Å²) < 4.78 is 45.1. The highest BCUT2D eigenvalue weighted by Crippen LogP contribution is 2.20. The zero-order valence-electron chi connectivity index (χ0n) is 16.3. The van der Waals surface area contributed by atoms with E-state index < -0.39 is 35.1 Å². The summed E-state index contributed by atoms with van der Waals surface area (Å²) >= 11 is 0. The Morgan fingerprint density at radius 3 is 2.28 bits per heavy atom. The molecule has 0 aliphatic carbocycles. The summed E-state index contributed by atoms with van der Waals surface area (Å²) in [5.74, 6) is -4.86. The highest BCUT2D eigenvalue weighted by molar-refractivity contribution is 5.96. The van der Waals surface area contributed by atoms with E-state index >= 15 is 0 Å². The van der Waals surface area contributed by atoms with Gasteiger partial charge in [-0.15, -0.1) is 0 Å². The number of carbonyl (C=O) groups is 2.